The quantitative estimate of drug-likeness (QED) is 0.773. The Kier molecular flexibility index (Phi) is 5.50. The molecule has 0 saturated heterocycles. The molecule has 2 N–H and O–H groups in total. The van der Waals surface area contributed by atoms with Crippen LogP contribution >= 0.6 is 11.6 Å². The van der Waals surface area contributed by atoms with Crippen molar-refractivity contribution in [1.82, 2.24) is 10.6 Å². The lowest BCUT2D eigenvalue weighted by Crippen LogP contribution is -2.36. The van der Waals surface area contributed by atoms with E-state index in [9.17, 15) is 4.79 Å². The van der Waals surface area contributed by atoms with E-state index < -0.39 is 0 Å². The van der Waals surface area contributed by atoms with Crippen LogP contribution in [0.4, 0.5) is 4.79 Å². The molecule has 0 radical (unpaired) electrons. The molecule has 0 heterocycles. The van der Waals surface area contributed by atoms with Gasteiger partial charge in [-0.15, -0.1) is 11.6 Å². The first-order valence-electron chi connectivity index (χ1n) is 4.97. The van der Waals surface area contributed by atoms with Gasteiger partial charge in [-0.25, -0.2) is 4.79 Å². The topological polar surface area (TPSA) is 50.4 Å². The van der Waals surface area contributed by atoms with Crippen LogP contribution in [-0.4, -0.2) is 25.6 Å². The number of hydrogen-bond acceptors (Lipinski definition) is 2. The van der Waals surface area contributed by atoms with Gasteiger partial charge in [-0.3, -0.25) is 0 Å². The number of ether oxygens (including phenoxy) is 1. The Labute approximate surface area is 99.9 Å². The lowest BCUT2D eigenvalue weighted by atomic mass is 10.2. The highest BCUT2D eigenvalue weighted by molar-refractivity contribution is 6.18. The van der Waals surface area contributed by atoms with Crippen molar-refractivity contribution >= 4 is 17.6 Å². The van der Waals surface area contributed by atoms with Crippen LogP contribution in [0.1, 0.15) is 5.56 Å². The Bertz CT molecular complexity index is 345. The number of rotatable bonds is 5. The Morgan fingerprint density at radius 1 is 1.38 bits per heavy atom. The molecule has 0 atom stereocenters. The first-order chi connectivity index (χ1) is 7.77. The molecule has 5 heteroatoms. The summed E-state index contributed by atoms with van der Waals surface area (Å²) in [5.74, 6) is 1.17. The highest BCUT2D eigenvalue weighted by Crippen LogP contribution is 2.16. The minimum Gasteiger partial charge on any atom is -0.496 e. The van der Waals surface area contributed by atoms with Crippen LogP contribution in [0, 0.1) is 0 Å². The van der Waals surface area contributed by atoms with Gasteiger partial charge in [0.05, 0.1) is 7.11 Å². The van der Waals surface area contributed by atoms with Crippen molar-refractivity contribution in [2.75, 3.05) is 19.5 Å². The van der Waals surface area contributed by atoms with Crippen molar-refractivity contribution in [3.05, 3.63) is 29.8 Å². The maximum absolute atomic E-state index is 11.3. The van der Waals surface area contributed by atoms with Crippen molar-refractivity contribution in [3.63, 3.8) is 0 Å². The van der Waals surface area contributed by atoms with Gasteiger partial charge >= 0.3 is 6.03 Å². The summed E-state index contributed by atoms with van der Waals surface area (Å²) >= 11 is 5.45. The molecule has 88 valence electrons. The molecule has 0 spiro atoms. The van der Waals surface area contributed by atoms with Gasteiger partial charge in [0, 0.05) is 24.5 Å². The van der Waals surface area contributed by atoms with Gasteiger partial charge < -0.3 is 15.4 Å². The number of alkyl halides is 1. The summed E-state index contributed by atoms with van der Waals surface area (Å²) in [6, 6.07) is 7.31. The van der Waals surface area contributed by atoms with E-state index in [4.69, 9.17) is 16.3 Å². The van der Waals surface area contributed by atoms with Crippen LogP contribution in [-0.2, 0) is 6.54 Å². The number of methoxy groups -OCH3 is 1. The van der Waals surface area contributed by atoms with Crippen molar-refractivity contribution in [2.45, 2.75) is 6.54 Å². The van der Waals surface area contributed by atoms with Crippen LogP contribution in [0.2, 0.25) is 0 Å². The number of amides is 2. The third-order valence-electron chi connectivity index (χ3n) is 2.01. The number of hydrogen-bond donors (Lipinski definition) is 2. The van der Waals surface area contributed by atoms with E-state index in [-0.39, 0.29) is 6.03 Å². The normalized spacial score (nSPS) is 9.62. The van der Waals surface area contributed by atoms with E-state index in [1.54, 1.807) is 7.11 Å². The zero-order valence-corrected chi connectivity index (χ0v) is 9.88. The second kappa shape index (κ2) is 6.95. The van der Waals surface area contributed by atoms with Gasteiger partial charge in [0.15, 0.2) is 0 Å². The SMILES string of the molecule is COc1ccccc1CNC(=O)NCCCl. The molecule has 1 aromatic rings. The maximum atomic E-state index is 11.3. The average molecular weight is 243 g/mol. The molecule has 0 aromatic heterocycles. The Balaban J connectivity index is 2.44. The number of carbonyl (C=O) groups excluding carboxylic acids is 1. The third kappa shape index (κ3) is 3.98. The monoisotopic (exact) mass is 242 g/mol. The molecule has 16 heavy (non-hydrogen) atoms. The summed E-state index contributed by atoms with van der Waals surface area (Å²) in [6.45, 7) is 0.886. The van der Waals surface area contributed by atoms with E-state index in [1.807, 2.05) is 24.3 Å². The lowest BCUT2D eigenvalue weighted by Gasteiger charge is -2.09. The molecule has 1 aromatic carbocycles. The zero-order valence-electron chi connectivity index (χ0n) is 9.13. The fourth-order valence-corrected chi connectivity index (χ4v) is 1.34. The van der Waals surface area contributed by atoms with Crippen LogP contribution in [0.5, 0.6) is 5.75 Å². The number of carbonyl (C=O) groups is 1. The van der Waals surface area contributed by atoms with Crippen molar-refractivity contribution in [2.24, 2.45) is 0 Å². The summed E-state index contributed by atoms with van der Waals surface area (Å²) in [6.07, 6.45) is 0. The van der Waals surface area contributed by atoms with Gasteiger partial charge in [-0.1, -0.05) is 18.2 Å². The van der Waals surface area contributed by atoms with Crippen molar-refractivity contribution in [1.29, 1.82) is 0 Å². The fourth-order valence-electron chi connectivity index (χ4n) is 1.25. The maximum Gasteiger partial charge on any atom is 0.315 e. The standard InChI is InChI=1S/C11H15ClN2O2/c1-16-10-5-3-2-4-9(10)8-14-11(15)13-7-6-12/h2-5H,6-8H2,1H3,(H2,13,14,15). The molecule has 0 unspecified atom stereocenters. The number of nitrogens with one attached hydrogen (secondary N) is 2. The number of halogens is 1. The molecule has 0 fully saturated rings. The Morgan fingerprint density at radius 3 is 2.81 bits per heavy atom. The van der Waals surface area contributed by atoms with Crippen molar-refractivity contribution in [3.8, 4) is 5.75 Å². The smallest absolute Gasteiger partial charge is 0.315 e. The fraction of sp³-hybridized carbons (Fsp3) is 0.364. The lowest BCUT2D eigenvalue weighted by molar-refractivity contribution is 0.241. The average Bonchev–Trinajstić information content (AvgIpc) is 2.34. The number of para-hydroxylation sites is 1. The van der Waals surface area contributed by atoms with Gasteiger partial charge in [-0.2, -0.15) is 0 Å². The van der Waals surface area contributed by atoms with Crippen LogP contribution in [0.3, 0.4) is 0 Å². The van der Waals surface area contributed by atoms with Gasteiger partial charge in [0.1, 0.15) is 5.75 Å². The third-order valence-corrected chi connectivity index (χ3v) is 2.20. The highest BCUT2D eigenvalue weighted by Gasteiger charge is 2.03. The first kappa shape index (κ1) is 12.6. The minimum absolute atomic E-state index is 0.230. The Hall–Kier alpha value is -1.42. The summed E-state index contributed by atoms with van der Waals surface area (Å²) in [4.78, 5) is 11.3. The Morgan fingerprint density at radius 2 is 2.12 bits per heavy atom. The largest absolute Gasteiger partial charge is 0.496 e. The van der Waals surface area contributed by atoms with E-state index in [2.05, 4.69) is 10.6 Å². The van der Waals surface area contributed by atoms with Gasteiger partial charge in [-0.05, 0) is 6.07 Å². The summed E-state index contributed by atoms with van der Waals surface area (Å²) in [5, 5.41) is 5.34. The molecule has 4 nitrogen and oxygen atoms in total. The van der Waals surface area contributed by atoms with Gasteiger partial charge in [0.25, 0.3) is 0 Å². The van der Waals surface area contributed by atoms with Crippen LogP contribution in [0.25, 0.3) is 0 Å². The number of urea groups is 1. The molecule has 0 aliphatic rings. The highest BCUT2D eigenvalue weighted by atomic mass is 35.5. The zero-order chi connectivity index (χ0) is 11.8. The predicted molar refractivity (Wildman–Crippen MR) is 64.0 cm³/mol. The molecule has 0 aliphatic carbocycles. The molecule has 0 bridgehead atoms. The van der Waals surface area contributed by atoms with E-state index in [0.29, 0.717) is 19.0 Å². The molecular formula is C11H15ClN2O2. The van der Waals surface area contributed by atoms with Crippen molar-refractivity contribution < 1.29 is 9.53 Å². The first-order valence-corrected chi connectivity index (χ1v) is 5.51. The second-order valence-corrected chi connectivity index (χ2v) is 3.49. The summed E-state index contributed by atoms with van der Waals surface area (Å²) in [5.41, 5.74) is 0.936. The summed E-state index contributed by atoms with van der Waals surface area (Å²) in [7, 11) is 1.60. The predicted octanol–water partition coefficient (Wildman–Crippen LogP) is 1.73. The molecular weight excluding hydrogens is 228 g/mol. The minimum atomic E-state index is -0.230. The molecule has 0 aliphatic heterocycles. The van der Waals surface area contributed by atoms with Crippen LogP contribution in [0.15, 0.2) is 24.3 Å². The van der Waals surface area contributed by atoms with Gasteiger partial charge in [0.2, 0.25) is 0 Å². The van der Waals surface area contributed by atoms with E-state index in [0.717, 1.165) is 11.3 Å². The summed E-state index contributed by atoms with van der Waals surface area (Å²) < 4.78 is 5.17. The van der Waals surface area contributed by atoms with E-state index >= 15 is 0 Å². The second-order valence-electron chi connectivity index (χ2n) is 3.11. The number of benzene rings is 1. The molecule has 1 rings (SSSR count). The van der Waals surface area contributed by atoms with E-state index in [1.165, 1.54) is 0 Å². The molecule has 2 amide bonds. The van der Waals surface area contributed by atoms with Crippen LogP contribution < -0.4 is 15.4 Å². The molecule has 0 saturated carbocycles.